The smallest absolute Gasteiger partial charge is 0.251 e. The minimum absolute atomic E-state index is 0.0705. The molecule has 37 heavy (non-hydrogen) atoms. The van der Waals surface area contributed by atoms with Crippen LogP contribution in [0, 0.1) is 5.82 Å². The molecule has 4 aromatic rings. The van der Waals surface area contributed by atoms with Gasteiger partial charge in [0.1, 0.15) is 17.4 Å². The molecule has 0 spiro atoms. The molecule has 8 nitrogen and oxygen atoms in total. The number of halogens is 1. The van der Waals surface area contributed by atoms with E-state index in [2.05, 4.69) is 15.6 Å². The summed E-state index contributed by atoms with van der Waals surface area (Å²) in [6.45, 7) is 0. The number of nitrogens with zero attached hydrogens (tertiary/aromatic N) is 4. The van der Waals surface area contributed by atoms with E-state index in [-0.39, 0.29) is 23.9 Å². The second-order valence-corrected chi connectivity index (χ2v) is 9.39. The van der Waals surface area contributed by atoms with E-state index >= 15 is 0 Å². The van der Waals surface area contributed by atoms with Crippen LogP contribution in [-0.4, -0.2) is 47.0 Å². The number of nitrogens with one attached hydrogen (secondary N) is 2. The standard InChI is InChI=1S/C28H29FN6O2/c1-35(2)26-23-8-3-4-9-24(23)33-28(34-26)32-21-12-10-20(11-13-21)31-27(36)18-14-15-30-25(16-18)37-22-7-5-6-19(29)17-22/h3-9,14-17,20-21H,10-13H2,1-2H3,(H,31,36)(H,32,33,34). The lowest BCUT2D eigenvalue weighted by atomic mass is 9.91. The summed E-state index contributed by atoms with van der Waals surface area (Å²) in [6, 6.07) is 17.3. The topological polar surface area (TPSA) is 92.3 Å². The van der Waals surface area contributed by atoms with Gasteiger partial charge in [0.15, 0.2) is 0 Å². The van der Waals surface area contributed by atoms with Gasteiger partial charge in [0.2, 0.25) is 11.8 Å². The van der Waals surface area contributed by atoms with Crippen molar-refractivity contribution >= 4 is 28.6 Å². The summed E-state index contributed by atoms with van der Waals surface area (Å²) in [5.41, 5.74) is 1.35. The van der Waals surface area contributed by atoms with E-state index in [4.69, 9.17) is 14.7 Å². The van der Waals surface area contributed by atoms with Gasteiger partial charge in [-0.05, 0) is 56.0 Å². The van der Waals surface area contributed by atoms with E-state index < -0.39 is 5.82 Å². The molecule has 0 saturated heterocycles. The number of fused-ring (bicyclic) bond motifs is 1. The van der Waals surface area contributed by atoms with Crippen molar-refractivity contribution < 1.29 is 13.9 Å². The van der Waals surface area contributed by atoms with Gasteiger partial charge >= 0.3 is 0 Å². The maximum atomic E-state index is 13.4. The lowest BCUT2D eigenvalue weighted by Crippen LogP contribution is -2.40. The Hall–Kier alpha value is -4.27. The number of amides is 1. The molecule has 0 radical (unpaired) electrons. The quantitative estimate of drug-likeness (QED) is 0.361. The highest BCUT2D eigenvalue weighted by atomic mass is 19.1. The minimum Gasteiger partial charge on any atom is -0.439 e. The average Bonchev–Trinajstić information content (AvgIpc) is 2.89. The average molecular weight is 501 g/mol. The third-order valence-electron chi connectivity index (χ3n) is 6.42. The van der Waals surface area contributed by atoms with Crippen LogP contribution in [0.25, 0.3) is 10.9 Å². The van der Waals surface area contributed by atoms with Crippen LogP contribution in [-0.2, 0) is 0 Å². The lowest BCUT2D eigenvalue weighted by molar-refractivity contribution is 0.0926. The summed E-state index contributed by atoms with van der Waals surface area (Å²) in [7, 11) is 3.96. The SMILES string of the molecule is CN(C)c1nc(NC2CCC(NC(=O)c3ccnc(Oc4cccc(F)c4)c3)CC2)nc2ccccc12. The zero-order valence-electron chi connectivity index (χ0n) is 20.8. The highest BCUT2D eigenvalue weighted by Gasteiger charge is 2.24. The van der Waals surface area contributed by atoms with Crippen LogP contribution in [0.1, 0.15) is 36.0 Å². The number of para-hydroxylation sites is 1. The van der Waals surface area contributed by atoms with Crippen LogP contribution in [0.5, 0.6) is 11.6 Å². The summed E-state index contributed by atoms with van der Waals surface area (Å²) in [4.78, 5) is 28.4. The Balaban J connectivity index is 1.17. The fourth-order valence-electron chi connectivity index (χ4n) is 4.56. The van der Waals surface area contributed by atoms with E-state index in [0.29, 0.717) is 17.3 Å². The molecule has 0 unspecified atom stereocenters. The zero-order chi connectivity index (χ0) is 25.8. The van der Waals surface area contributed by atoms with Crippen LogP contribution in [0.4, 0.5) is 16.2 Å². The molecule has 1 aliphatic carbocycles. The van der Waals surface area contributed by atoms with Gasteiger partial charge in [-0.3, -0.25) is 4.79 Å². The Kier molecular flexibility index (Phi) is 7.11. The van der Waals surface area contributed by atoms with E-state index in [1.165, 1.54) is 18.3 Å². The Morgan fingerprint density at radius 3 is 2.54 bits per heavy atom. The van der Waals surface area contributed by atoms with Crippen molar-refractivity contribution in [2.45, 2.75) is 37.8 Å². The van der Waals surface area contributed by atoms with Gasteiger partial charge in [-0.25, -0.2) is 14.4 Å². The maximum absolute atomic E-state index is 13.4. The molecule has 2 N–H and O–H groups in total. The van der Waals surface area contributed by atoms with Crippen molar-refractivity contribution in [2.75, 3.05) is 24.3 Å². The van der Waals surface area contributed by atoms with Crippen molar-refractivity contribution in [3.63, 3.8) is 0 Å². The molecule has 1 aliphatic rings. The molecule has 2 aromatic heterocycles. The highest BCUT2D eigenvalue weighted by Crippen LogP contribution is 2.27. The second-order valence-electron chi connectivity index (χ2n) is 9.39. The van der Waals surface area contributed by atoms with Crippen molar-refractivity contribution in [1.29, 1.82) is 0 Å². The first kappa shape index (κ1) is 24.4. The molecule has 1 saturated carbocycles. The van der Waals surface area contributed by atoms with Crippen molar-refractivity contribution in [3.8, 4) is 11.6 Å². The summed E-state index contributed by atoms with van der Waals surface area (Å²) in [6.07, 6.45) is 4.98. The van der Waals surface area contributed by atoms with Crippen molar-refractivity contribution in [1.82, 2.24) is 20.3 Å². The largest absolute Gasteiger partial charge is 0.439 e. The first-order valence-electron chi connectivity index (χ1n) is 12.4. The summed E-state index contributed by atoms with van der Waals surface area (Å²) >= 11 is 0. The molecular formula is C28H29FN6O2. The van der Waals surface area contributed by atoms with Gasteiger partial charge in [-0.2, -0.15) is 4.98 Å². The maximum Gasteiger partial charge on any atom is 0.251 e. The number of hydrogen-bond donors (Lipinski definition) is 2. The zero-order valence-corrected chi connectivity index (χ0v) is 20.8. The van der Waals surface area contributed by atoms with Gasteiger partial charge in [0.25, 0.3) is 5.91 Å². The number of hydrogen-bond acceptors (Lipinski definition) is 7. The Bertz CT molecular complexity index is 1400. The van der Waals surface area contributed by atoms with Gasteiger partial charge in [-0.15, -0.1) is 0 Å². The van der Waals surface area contributed by atoms with Crippen LogP contribution < -0.4 is 20.3 Å². The molecule has 2 heterocycles. The molecule has 1 amide bonds. The monoisotopic (exact) mass is 500 g/mol. The highest BCUT2D eigenvalue weighted by molar-refractivity contribution is 5.94. The Morgan fingerprint density at radius 2 is 1.76 bits per heavy atom. The van der Waals surface area contributed by atoms with Crippen molar-refractivity contribution in [3.05, 3.63) is 78.2 Å². The fourth-order valence-corrected chi connectivity index (χ4v) is 4.56. The predicted molar refractivity (Wildman–Crippen MR) is 142 cm³/mol. The number of pyridine rings is 1. The number of carbonyl (C=O) groups excluding carboxylic acids is 1. The normalized spacial score (nSPS) is 17.3. The number of carbonyl (C=O) groups is 1. The van der Waals surface area contributed by atoms with E-state index in [1.807, 2.05) is 43.3 Å². The summed E-state index contributed by atoms with van der Waals surface area (Å²) in [5.74, 6) is 1.48. The summed E-state index contributed by atoms with van der Waals surface area (Å²) < 4.78 is 19.0. The number of ether oxygens (including phenoxy) is 1. The Labute approximate surface area is 214 Å². The number of benzene rings is 2. The van der Waals surface area contributed by atoms with E-state index in [1.54, 1.807) is 24.3 Å². The molecule has 2 aromatic carbocycles. The molecule has 5 rings (SSSR count). The number of aromatic nitrogens is 3. The minimum atomic E-state index is -0.401. The van der Waals surface area contributed by atoms with E-state index in [9.17, 15) is 9.18 Å². The molecule has 0 atom stereocenters. The Morgan fingerprint density at radius 1 is 0.973 bits per heavy atom. The first-order chi connectivity index (χ1) is 17.9. The predicted octanol–water partition coefficient (Wildman–Crippen LogP) is 5.18. The van der Waals surface area contributed by atoms with Crippen LogP contribution in [0.2, 0.25) is 0 Å². The number of rotatable bonds is 7. The van der Waals surface area contributed by atoms with Crippen LogP contribution in [0.3, 0.4) is 0 Å². The first-order valence-corrected chi connectivity index (χ1v) is 12.4. The lowest BCUT2D eigenvalue weighted by Gasteiger charge is -2.30. The van der Waals surface area contributed by atoms with Crippen LogP contribution in [0.15, 0.2) is 66.9 Å². The molecule has 190 valence electrons. The molecule has 0 aliphatic heterocycles. The third-order valence-corrected chi connectivity index (χ3v) is 6.42. The van der Waals surface area contributed by atoms with Gasteiger partial charge in [0, 0.05) is 55.5 Å². The van der Waals surface area contributed by atoms with Crippen LogP contribution >= 0.6 is 0 Å². The number of anilines is 2. The van der Waals surface area contributed by atoms with E-state index in [0.717, 1.165) is 42.4 Å². The van der Waals surface area contributed by atoms with Gasteiger partial charge in [0.05, 0.1) is 5.52 Å². The van der Waals surface area contributed by atoms with Crippen molar-refractivity contribution in [2.24, 2.45) is 0 Å². The second kappa shape index (κ2) is 10.8. The molecule has 1 fully saturated rings. The summed E-state index contributed by atoms with van der Waals surface area (Å²) in [5, 5.41) is 7.63. The molecular weight excluding hydrogens is 471 g/mol. The fraction of sp³-hybridized carbons (Fsp3) is 0.286. The molecule has 9 heteroatoms. The third kappa shape index (κ3) is 5.94. The van der Waals surface area contributed by atoms with Gasteiger partial charge < -0.3 is 20.3 Å². The van der Waals surface area contributed by atoms with Gasteiger partial charge in [-0.1, -0.05) is 18.2 Å². The molecule has 0 bridgehead atoms.